The maximum absolute atomic E-state index is 11.8. The summed E-state index contributed by atoms with van der Waals surface area (Å²) < 4.78 is 10.4. The first kappa shape index (κ1) is 18.1. The lowest BCUT2D eigenvalue weighted by Crippen LogP contribution is -2.28. The van der Waals surface area contributed by atoms with Gasteiger partial charge in [0.2, 0.25) is 0 Å². The van der Waals surface area contributed by atoms with Crippen molar-refractivity contribution in [2.75, 3.05) is 20.3 Å². The molecule has 0 saturated carbocycles. The molecule has 1 atom stereocenters. The van der Waals surface area contributed by atoms with E-state index in [4.69, 9.17) is 21.1 Å². The van der Waals surface area contributed by atoms with Crippen LogP contribution in [0.5, 0.6) is 5.75 Å². The summed E-state index contributed by atoms with van der Waals surface area (Å²) in [7, 11) is 1.63. The number of ether oxygens (including phenoxy) is 2. The molecule has 0 spiro atoms. The summed E-state index contributed by atoms with van der Waals surface area (Å²) in [6, 6.07) is 15.3. The summed E-state index contributed by atoms with van der Waals surface area (Å²) in [5.41, 5.74) is 2.19. The normalized spacial score (nSPS) is 11.6. The molecule has 4 nitrogen and oxygen atoms in total. The molecule has 0 aliphatic heterocycles. The lowest BCUT2D eigenvalue weighted by Gasteiger charge is -2.13. The van der Waals surface area contributed by atoms with Gasteiger partial charge < -0.3 is 14.8 Å². The Morgan fingerprint density at radius 3 is 2.67 bits per heavy atom. The predicted molar refractivity (Wildman–Crippen MR) is 95.9 cm³/mol. The van der Waals surface area contributed by atoms with Gasteiger partial charge in [0, 0.05) is 18.0 Å². The fourth-order valence-electron chi connectivity index (χ4n) is 2.29. The second-order valence-electron chi connectivity index (χ2n) is 5.57. The lowest BCUT2D eigenvalue weighted by molar-refractivity contribution is 0.147. The van der Waals surface area contributed by atoms with Crippen LogP contribution < -0.4 is 10.1 Å². The van der Waals surface area contributed by atoms with Crippen molar-refractivity contribution in [1.29, 1.82) is 0 Å². The Morgan fingerprint density at radius 1 is 1.21 bits per heavy atom. The van der Waals surface area contributed by atoms with Crippen LogP contribution >= 0.6 is 11.6 Å². The summed E-state index contributed by atoms with van der Waals surface area (Å²) in [6.45, 7) is 2.88. The van der Waals surface area contributed by atoms with E-state index in [2.05, 4.69) is 5.32 Å². The number of alkyl carbamates (subject to hydrolysis) is 1. The largest absolute Gasteiger partial charge is 0.497 e. The number of hydrogen-bond donors (Lipinski definition) is 1. The topological polar surface area (TPSA) is 47.6 Å². The van der Waals surface area contributed by atoms with Crippen LogP contribution in [0.1, 0.15) is 24.0 Å². The van der Waals surface area contributed by atoms with Gasteiger partial charge in [-0.3, -0.25) is 0 Å². The Balaban J connectivity index is 1.70. The molecular weight excluding hydrogens is 326 g/mol. The van der Waals surface area contributed by atoms with Gasteiger partial charge >= 0.3 is 6.09 Å². The fraction of sp³-hybridized carbons (Fsp3) is 0.316. The highest BCUT2D eigenvalue weighted by molar-refractivity contribution is 6.30. The molecule has 2 aromatic carbocycles. The van der Waals surface area contributed by atoms with Crippen LogP contribution in [0.3, 0.4) is 0 Å². The second-order valence-corrected chi connectivity index (χ2v) is 6.01. The lowest BCUT2D eigenvalue weighted by atomic mass is 10.0. The Labute approximate surface area is 147 Å². The van der Waals surface area contributed by atoms with E-state index in [1.54, 1.807) is 7.11 Å². The maximum atomic E-state index is 11.8. The number of carbonyl (C=O) groups excluding carboxylic acids is 1. The van der Waals surface area contributed by atoms with Crippen LogP contribution in [0.15, 0.2) is 48.5 Å². The highest BCUT2D eigenvalue weighted by Gasteiger charge is 2.08. The zero-order valence-corrected chi connectivity index (χ0v) is 14.7. The van der Waals surface area contributed by atoms with Crippen LogP contribution in [0.25, 0.3) is 0 Å². The third-order valence-corrected chi connectivity index (χ3v) is 4.00. The quantitative estimate of drug-likeness (QED) is 0.806. The monoisotopic (exact) mass is 347 g/mol. The number of hydrogen-bond acceptors (Lipinski definition) is 3. The SMILES string of the molecule is COc1cccc(CCOC(=O)NCC(C)c2ccc(Cl)cc2)c1. The van der Waals surface area contributed by atoms with Crippen LogP contribution in [0.4, 0.5) is 4.79 Å². The number of methoxy groups -OCH3 is 1. The number of benzene rings is 2. The molecule has 1 amide bonds. The van der Waals surface area contributed by atoms with Crippen molar-refractivity contribution in [3.05, 3.63) is 64.7 Å². The second kappa shape index (κ2) is 9.18. The first-order valence-electron chi connectivity index (χ1n) is 7.87. The molecule has 5 heteroatoms. The standard InChI is InChI=1S/C19H22ClNO3/c1-14(16-6-8-17(20)9-7-16)13-21-19(22)24-11-10-15-4-3-5-18(12-15)23-2/h3-9,12,14H,10-11,13H2,1-2H3,(H,21,22). The van der Waals surface area contributed by atoms with E-state index in [1.807, 2.05) is 55.5 Å². The van der Waals surface area contributed by atoms with E-state index < -0.39 is 6.09 Å². The molecule has 2 rings (SSSR count). The van der Waals surface area contributed by atoms with E-state index in [1.165, 1.54) is 0 Å². The van der Waals surface area contributed by atoms with Gasteiger partial charge in [0.1, 0.15) is 5.75 Å². The summed E-state index contributed by atoms with van der Waals surface area (Å²) in [5.74, 6) is 0.988. The molecule has 1 N–H and O–H groups in total. The molecule has 2 aromatic rings. The average molecular weight is 348 g/mol. The summed E-state index contributed by atoms with van der Waals surface area (Å²) in [4.78, 5) is 11.8. The highest BCUT2D eigenvalue weighted by Crippen LogP contribution is 2.17. The van der Waals surface area contributed by atoms with Crippen molar-refractivity contribution in [3.8, 4) is 5.75 Å². The molecule has 0 bridgehead atoms. The molecule has 0 aromatic heterocycles. The molecule has 0 saturated heterocycles. The summed E-state index contributed by atoms with van der Waals surface area (Å²) >= 11 is 5.87. The Hall–Kier alpha value is -2.20. The highest BCUT2D eigenvalue weighted by atomic mass is 35.5. The minimum Gasteiger partial charge on any atom is -0.497 e. The molecule has 0 aliphatic carbocycles. The van der Waals surface area contributed by atoms with E-state index in [9.17, 15) is 4.79 Å². The molecule has 0 heterocycles. The van der Waals surface area contributed by atoms with Gasteiger partial charge in [-0.2, -0.15) is 0 Å². The van der Waals surface area contributed by atoms with E-state index in [-0.39, 0.29) is 5.92 Å². The van der Waals surface area contributed by atoms with Gasteiger partial charge in [0.25, 0.3) is 0 Å². The molecule has 24 heavy (non-hydrogen) atoms. The number of amides is 1. The van der Waals surface area contributed by atoms with E-state index >= 15 is 0 Å². The third-order valence-electron chi connectivity index (χ3n) is 3.75. The van der Waals surface area contributed by atoms with Crippen molar-refractivity contribution in [1.82, 2.24) is 5.32 Å². The van der Waals surface area contributed by atoms with E-state index in [0.29, 0.717) is 24.6 Å². The van der Waals surface area contributed by atoms with Gasteiger partial charge in [0.05, 0.1) is 13.7 Å². The summed E-state index contributed by atoms with van der Waals surface area (Å²) in [5, 5.41) is 3.49. The number of halogens is 1. The van der Waals surface area contributed by atoms with Gasteiger partial charge in [-0.05, 0) is 41.3 Å². The van der Waals surface area contributed by atoms with Crippen molar-refractivity contribution in [2.24, 2.45) is 0 Å². The average Bonchev–Trinajstić information content (AvgIpc) is 2.60. The van der Waals surface area contributed by atoms with Crippen LogP contribution in [-0.2, 0) is 11.2 Å². The summed E-state index contributed by atoms with van der Waals surface area (Å²) in [6.07, 6.45) is 0.246. The predicted octanol–water partition coefficient (Wildman–Crippen LogP) is 4.42. The van der Waals surface area contributed by atoms with Crippen molar-refractivity contribution >= 4 is 17.7 Å². The van der Waals surface area contributed by atoms with E-state index in [0.717, 1.165) is 16.9 Å². The smallest absolute Gasteiger partial charge is 0.407 e. The van der Waals surface area contributed by atoms with Crippen LogP contribution in [0, 0.1) is 0 Å². The molecule has 0 fully saturated rings. The zero-order chi connectivity index (χ0) is 17.4. The van der Waals surface area contributed by atoms with Crippen molar-refractivity contribution < 1.29 is 14.3 Å². The molecule has 0 aliphatic rings. The maximum Gasteiger partial charge on any atom is 0.407 e. The number of rotatable bonds is 7. The van der Waals surface area contributed by atoms with Gasteiger partial charge in [0.15, 0.2) is 0 Å². The van der Waals surface area contributed by atoms with Crippen molar-refractivity contribution in [3.63, 3.8) is 0 Å². The van der Waals surface area contributed by atoms with Crippen LogP contribution in [-0.4, -0.2) is 26.4 Å². The molecular formula is C19H22ClNO3. The Morgan fingerprint density at radius 2 is 1.96 bits per heavy atom. The van der Waals surface area contributed by atoms with Crippen LogP contribution in [0.2, 0.25) is 5.02 Å². The fourth-order valence-corrected chi connectivity index (χ4v) is 2.41. The third kappa shape index (κ3) is 5.78. The number of carbonyl (C=O) groups is 1. The van der Waals surface area contributed by atoms with Gasteiger partial charge in [-0.1, -0.05) is 42.8 Å². The number of nitrogens with one attached hydrogen (secondary N) is 1. The molecule has 1 unspecified atom stereocenters. The van der Waals surface area contributed by atoms with Gasteiger partial charge in [-0.25, -0.2) is 4.79 Å². The van der Waals surface area contributed by atoms with Crippen molar-refractivity contribution in [2.45, 2.75) is 19.3 Å². The Kier molecular flexibility index (Phi) is 6.94. The minimum absolute atomic E-state index is 0.188. The first-order valence-corrected chi connectivity index (χ1v) is 8.25. The molecule has 0 radical (unpaired) electrons. The zero-order valence-electron chi connectivity index (χ0n) is 13.9. The minimum atomic E-state index is -0.404. The Bertz CT molecular complexity index is 658. The molecule has 128 valence electrons. The van der Waals surface area contributed by atoms with Gasteiger partial charge in [-0.15, -0.1) is 0 Å². The first-order chi connectivity index (χ1) is 11.6.